The number of aromatic amines is 1. The lowest BCUT2D eigenvalue weighted by Crippen LogP contribution is -2.23. The van der Waals surface area contributed by atoms with Gasteiger partial charge in [-0.2, -0.15) is 0 Å². The zero-order valence-corrected chi connectivity index (χ0v) is 16.4. The van der Waals surface area contributed by atoms with Crippen LogP contribution in [0.2, 0.25) is 5.02 Å². The topological polar surface area (TPSA) is 78.0 Å². The number of halogens is 1. The lowest BCUT2D eigenvalue weighted by molar-refractivity contribution is 0.0950. The summed E-state index contributed by atoms with van der Waals surface area (Å²) in [5.74, 6) is -0.171. The van der Waals surface area contributed by atoms with E-state index in [0.29, 0.717) is 23.6 Å². The highest BCUT2D eigenvalue weighted by Crippen LogP contribution is 2.23. The molecule has 0 aliphatic heterocycles. The fourth-order valence-corrected chi connectivity index (χ4v) is 3.45. The quantitative estimate of drug-likeness (QED) is 0.449. The average molecular weight is 406 g/mol. The molecule has 0 bridgehead atoms. The molecule has 0 unspecified atom stereocenters. The number of hydrogen-bond acceptors (Lipinski definition) is 3. The van der Waals surface area contributed by atoms with E-state index >= 15 is 0 Å². The monoisotopic (exact) mass is 405 g/mol. The molecular formula is C23H20ClN3O2. The molecule has 0 aliphatic carbocycles. The van der Waals surface area contributed by atoms with Gasteiger partial charge in [-0.25, -0.2) is 0 Å². The molecule has 1 amide bonds. The van der Waals surface area contributed by atoms with Gasteiger partial charge in [0, 0.05) is 36.0 Å². The van der Waals surface area contributed by atoms with Crippen LogP contribution in [0.5, 0.6) is 0 Å². The lowest BCUT2D eigenvalue weighted by Gasteiger charge is -2.08. The van der Waals surface area contributed by atoms with Crippen LogP contribution in [0.15, 0.2) is 67.1 Å². The largest absolute Gasteiger partial charge is 0.392 e. The van der Waals surface area contributed by atoms with Gasteiger partial charge in [-0.3, -0.25) is 9.78 Å². The first-order valence-corrected chi connectivity index (χ1v) is 9.66. The Morgan fingerprint density at radius 3 is 2.55 bits per heavy atom. The molecule has 5 nitrogen and oxygen atoms in total. The third-order valence-corrected chi connectivity index (χ3v) is 5.13. The number of nitrogens with zero attached hydrogens (tertiary/aromatic N) is 1. The van der Waals surface area contributed by atoms with E-state index < -0.39 is 0 Å². The van der Waals surface area contributed by atoms with Gasteiger partial charge >= 0.3 is 0 Å². The summed E-state index contributed by atoms with van der Waals surface area (Å²) < 4.78 is 0. The summed E-state index contributed by atoms with van der Waals surface area (Å²) in [5, 5.41) is 13.7. The highest BCUT2D eigenvalue weighted by Gasteiger charge is 2.09. The van der Waals surface area contributed by atoms with Crippen LogP contribution in [0.25, 0.3) is 10.9 Å². The standard InChI is InChI=1S/C23H20ClN3O2/c24-21-13-26-22-6-5-17(9-20(21)22)11-27-23(29)19-8-18(10-25-12-19)7-15-1-3-16(14-28)4-2-15/h1-6,8-10,12-13,26,28H,7,11,14H2,(H,27,29). The predicted molar refractivity (Wildman–Crippen MR) is 114 cm³/mol. The van der Waals surface area contributed by atoms with Gasteiger partial charge in [-0.15, -0.1) is 0 Å². The average Bonchev–Trinajstić information content (AvgIpc) is 3.13. The second-order valence-corrected chi connectivity index (χ2v) is 7.34. The number of aromatic nitrogens is 2. The number of nitrogens with one attached hydrogen (secondary N) is 2. The van der Waals surface area contributed by atoms with Gasteiger partial charge < -0.3 is 15.4 Å². The van der Waals surface area contributed by atoms with Crippen molar-refractivity contribution in [3.63, 3.8) is 0 Å². The fourth-order valence-electron chi connectivity index (χ4n) is 3.23. The number of rotatable bonds is 6. The van der Waals surface area contributed by atoms with Crippen molar-refractivity contribution in [1.29, 1.82) is 0 Å². The highest BCUT2D eigenvalue weighted by atomic mass is 35.5. The third kappa shape index (κ3) is 4.47. The van der Waals surface area contributed by atoms with Crippen molar-refractivity contribution >= 4 is 28.4 Å². The number of aliphatic hydroxyl groups excluding tert-OH is 1. The van der Waals surface area contributed by atoms with Crippen LogP contribution in [-0.4, -0.2) is 21.0 Å². The summed E-state index contributed by atoms with van der Waals surface area (Å²) in [6.45, 7) is 0.434. The lowest BCUT2D eigenvalue weighted by atomic mass is 10.0. The first kappa shape index (κ1) is 19.2. The number of benzene rings is 2. The number of amides is 1. The molecule has 29 heavy (non-hydrogen) atoms. The molecule has 2 heterocycles. The minimum absolute atomic E-state index is 0.0285. The maximum atomic E-state index is 12.6. The Morgan fingerprint density at radius 1 is 1.00 bits per heavy atom. The Hall–Kier alpha value is -3.15. The summed E-state index contributed by atoms with van der Waals surface area (Å²) in [5.41, 5.74) is 5.39. The molecule has 0 aliphatic rings. The predicted octanol–water partition coefficient (Wildman–Crippen LogP) is 4.23. The van der Waals surface area contributed by atoms with Crippen LogP contribution in [0.1, 0.15) is 32.6 Å². The molecule has 0 atom stereocenters. The second-order valence-electron chi connectivity index (χ2n) is 6.93. The smallest absolute Gasteiger partial charge is 0.253 e. The SMILES string of the molecule is O=C(NCc1ccc2[nH]cc(Cl)c2c1)c1cncc(Cc2ccc(CO)cc2)c1. The van der Waals surface area contributed by atoms with Gasteiger partial charge in [0.2, 0.25) is 0 Å². The molecule has 146 valence electrons. The van der Waals surface area contributed by atoms with E-state index in [1.807, 2.05) is 48.5 Å². The third-order valence-electron chi connectivity index (χ3n) is 4.82. The number of hydrogen-bond donors (Lipinski definition) is 3. The Kier molecular flexibility index (Phi) is 5.60. The fraction of sp³-hybridized carbons (Fsp3) is 0.130. The minimum Gasteiger partial charge on any atom is -0.392 e. The second kappa shape index (κ2) is 8.47. The molecule has 0 fully saturated rings. The number of H-pyrrole nitrogens is 1. The van der Waals surface area contributed by atoms with E-state index in [4.69, 9.17) is 16.7 Å². The Bertz CT molecular complexity index is 1150. The zero-order valence-electron chi connectivity index (χ0n) is 15.7. The van der Waals surface area contributed by atoms with Crippen molar-refractivity contribution < 1.29 is 9.90 Å². The first-order valence-electron chi connectivity index (χ1n) is 9.28. The number of aliphatic hydroxyl groups is 1. The summed E-state index contributed by atoms with van der Waals surface area (Å²) in [7, 11) is 0. The van der Waals surface area contributed by atoms with Gasteiger partial charge in [-0.05, 0) is 46.9 Å². The van der Waals surface area contributed by atoms with E-state index in [-0.39, 0.29) is 12.5 Å². The maximum Gasteiger partial charge on any atom is 0.253 e. The number of pyridine rings is 1. The molecule has 4 aromatic rings. The van der Waals surface area contributed by atoms with Crippen LogP contribution in [0.3, 0.4) is 0 Å². The minimum atomic E-state index is -0.171. The van der Waals surface area contributed by atoms with E-state index in [9.17, 15) is 4.79 Å². The van der Waals surface area contributed by atoms with Crippen LogP contribution in [-0.2, 0) is 19.6 Å². The van der Waals surface area contributed by atoms with Crippen molar-refractivity contribution in [3.8, 4) is 0 Å². The van der Waals surface area contributed by atoms with Crippen LogP contribution in [0, 0.1) is 0 Å². The molecule has 0 radical (unpaired) electrons. The normalized spacial score (nSPS) is 11.0. The molecule has 2 aromatic heterocycles. The van der Waals surface area contributed by atoms with Crippen molar-refractivity contribution in [2.24, 2.45) is 0 Å². The zero-order chi connectivity index (χ0) is 20.2. The highest BCUT2D eigenvalue weighted by molar-refractivity contribution is 6.35. The van der Waals surface area contributed by atoms with Crippen LogP contribution >= 0.6 is 11.6 Å². The molecule has 4 rings (SSSR count). The maximum absolute atomic E-state index is 12.6. The van der Waals surface area contributed by atoms with Gasteiger partial charge in [0.1, 0.15) is 0 Å². The summed E-state index contributed by atoms with van der Waals surface area (Å²) >= 11 is 6.16. The van der Waals surface area contributed by atoms with E-state index in [1.54, 1.807) is 18.6 Å². The van der Waals surface area contributed by atoms with Crippen LogP contribution < -0.4 is 5.32 Å². The van der Waals surface area contributed by atoms with E-state index in [1.165, 1.54) is 0 Å². The van der Waals surface area contributed by atoms with Crippen molar-refractivity contribution in [2.45, 2.75) is 19.6 Å². The van der Waals surface area contributed by atoms with Crippen molar-refractivity contribution in [1.82, 2.24) is 15.3 Å². The van der Waals surface area contributed by atoms with Crippen molar-refractivity contribution in [2.75, 3.05) is 0 Å². The number of carbonyl (C=O) groups is 1. The molecule has 6 heteroatoms. The molecular weight excluding hydrogens is 386 g/mol. The van der Waals surface area contributed by atoms with Gasteiger partial charge in [-0.1, -0.05) is 41.9 Å². The molecule has 3 N–H and O–H groups in total. The number of fused-ring (bicyclic) bond motifs is 1. The molecule has 0 saturated carbocycles. The summed E-state index contributed by atoms with van der Waals surface area (Å²) in [6.07, 6.45) is 5.75. The Balaban J connectivity index is 1.42. The molecule has 0 saturated heterocycles. The molecule has 2 aromatic carbocycles. The summed E-state index contributed by atoms with van der Waals surface area (Å²) in [4.78, 5) is 19.9. The van der Waals surface area contributed by atoms with Crippen molar-refractivity contribution in [3.05, 3.63) is 100.0 Å². The van der Waals surface area contributed by atoms with E-state index in [0.717, 1.165) is 33.2 Å². The Morgan fingerprint density at radius 2 is 1.76 bits per heavy atom. The Labute approximate surface area is 173 Å². The van der Waals surface area contributed by atoms with Gasteiger partial charge in [0.25, 0.3) is 5.91 Å². The number of carbonyl (C=O) groups excluding carboxylic acids is 1. The van der Waals surface area contributed by atoms with Gasteiger partial charge in [0.05, 0.1) is 17.2 Å². The first-order chi connectivity index (χ1) is 14.1. The van der Waals surface area contributed by atoms with Crippen LogP contribution in [0.4, 0.5) is 0 Å². The van der Waals surface area contributed by atoms with Gasteiger partial charge in [0.15, 0.2) is 0 Å². The molecule has 0 spiro atoms. The van der Waals surface area contributed by atoms with E-state index in [2.05, 4.69) is 15.3 Å². The summed E-state index contributed by atoms with van der Waals surface area (Å²) in [6, 6.07) is 15.5.